The zero-order valence-electron chi connectivity index (χ0n) is 11.8. The Morgan fingerprint density at radius 1 is 1.32 bits per heavy atom. The van der Waals surface area contributed by atoms with E-state index in [1.807, 2.05) is 0 Å². The van der Waals surface area contributed by atoms with Crippen LogP contribution in [-0.4, -0.2) is 24.5 Å². The van der Waals surface area contributed by atoms with Gasteiger partial charge in [-0.15, -0.1) is 0 Å². The summed E-state index contributed by atoms with van der Waals surface area (Å²) in [5, 5.41) is 9.30. The van der Waals surface area contributed by atoms with Crippen molar-refractivity contribution in [2.24, 2.45) is 0 Å². The van der Waals surface area contributed by atoms with Gasteiger partial charge in [-0.2, -0.15) is 0 Å². The fraction of sp³-hybridized carbons (Fsp3) is 0.143. The molecular formula is C14H13ClN2O4S. The Kier molecular flexibility index (Phi) is 4.39. The van der Waals surface area contributed by atoms with Crippen LogP contribution in [0.5, 0.6) is 0 Å². The molecule has 0 saturated carbocycles. The Balaban J connectivity index is 2.43. The number of aromatic nitrogens is 1. The Morgan fingerprint density at radius 3 is 2.59 bits per heavy atom. The molecule has 0 spiro atoms. The first kappa shape index (κ1) is 16.3. The summed E-state index contributed by atoms with van der Waals surface area (Å²) >= 11 is 5.78. The molecule has 0 aliphatic heterocycles. The Labute approximate surface area is 132 Å². The normalized spacial score (nSPS) is 11.2. The van der Waals surface area contributed by atoms with Crippen LogP contribution in [-0.2, 0) is 10.0 Å². The maximum absolute atomic E-state index is 12.4. The molecule has 0 saturated heterocycles. The van der Waals surface area contributed by atoms with Crippen molar-refractivity contribution in [1.29, 1.82) is 0 Å². The average Bonchev–Trinajstić information content (AvgIpc) is 2.43. The molecule has 1 aromatic heterocycles. The number of rotatable bonds is 4. The number of aromatic carboxylic acids is 1. The Bertz CT molecular complexity index is 850. The van der Waals surface area contributed by atoms with E-state index in [9.17, 15) is 13.2 Å². The summed E-state index contributed by atoms with van der Waals surface area (Å²) in [5.41, 5.74) is 1.09. The molecule has 0 radical (unpaired) electrons. The second-order valence-electron chi connectivity index (χ2n) is 4.67. The van der Waals surface area contributed by atoms with Gasteiger partial charge < -0.3 is 5.11 Å². The van der Waals surface area contributed by atoms with Gasteiger partial charge in [0.05, 0.1) is 11.3 Å². The first-order valence-corrected chi connectivity index (χ1v) is 8.06. The fourth-order valence-corrected chi connectivity index (χ4v) is 3.12. The van der Waals surface area contributed by atoms with Gasteiger partial charge in [0.2, 0.25) is 0 Å². The van der Waals surface area contributed by atoms with Crippen LogP contribution in [0.1, 0.15) is 21.5 Å². The van der Waals surface area contributed by atoms with E-state index in [1.165, 1.54) is 31.2 Å². The molecule has 0 atom stereocenters. The second-order valence-corrected chi connectivity index (χ2v) is 6.71. The van der Waals surface area contributed by atoms with Gasteiger partial charge in [-0.1, -0.05) is 17.7 Å². The number of carboxylic acid groups (broad SMARTS) is 1. The van der Waals surface area contributed by atoms with Gasteiger partial charge in [0.1, 0.15) is 10.0 Å². The third kappa shape index (κ3) is 3.20. The standard InChI is InChI=1S/C14H13ClN2O4S/c1-8-6-10(7-16-13(8)15)22(20,21)17-12-5-3-4-11(9(12)2)14(18)19/h3-7,17H,1-2H3,(H,18,19). The lowest BCUT2D eigenvalue weighted by Crippen LogP contribution is -2.15. The molecular weight excluding hydrogens is 328 g/mol. The lowest BCUT2D eigenvalue weighted by atomic mass is 10.1. The van der Waals surface area contributed by atoms with Crippen LogP contribution in [0, 0.1) is 13.8 Å². The van der Waals surface area contributed by atoms with Crippen LogP contribution in [0.2, 0.25) is 5.15 Å². The number of nitrogens with one attached hydrogen (secondary N) is 1. The summed E-state index contributed by atoms with van der Waals surface area (Å²) in [4.78, 5) is 14.9. The molecule has 1 aromatic carbocycles. The van der Waals surface area contributed by atoms with E-state index in [0.717, 1.165) is 6.20 Å². The van der Waals surface area contributed by atoms with E-state index in [-0.39, 0.29) is 21.3 Å². The van der Waals surface area contributed by atoms with Crippen molar-refractivity contribution in [1.82, 2.24) is 4.98 Å². The van der Waals surface area contributed by atoms with Crippen LogP contribution >= 0.6 is 11.6 Å². The second kappa shape index (κ2) is 5.94. The molecule has 2 rings (SSSR count). The van der Waals surface area contributed by atoms with E-state index in [1.54, 1.807) is 6.92 Å². The lowest BCUT2D eigenvalue weighted by Gasteiger charge is -2.12. The Morgan fingerprint density at radius 2 is 2.00 bits per heavy atom. The van der Waals surface area contributed by atoms with Crippen molar-refractivity contribution in [3.05, 3.63) is 52.3 Å². The molecule has 0 amide bonds. The minimum atomic E-state index is -3.88. The molecule has 1 heterocycles. The van der Waals surface area contributed by atoms with Crippen molar-refractivity contribution >= 4 is 33.3 Å². The molecule has 8 heteroatoms. The minimum Gasteiger partial charge on any atom is -0.478 e. The first-order chi connectivity index (χ1) is 10.2. The molecule has 6 nitrogen and oxygen atoms in total. The van der Waals surface area contributed by atoms with Crippen LogP contribution in [0.25, 0.3) is 0 Å². The van der Waals surface area contributed by atoms with Crippen molar-refractivity contribution in [2.45, 2.75) is 18.7 Å². The number of halogens is 1. The van der Waals surface area contributed by atoms with Crippen molar-refractivity contribution in [2.75, 3.05) is 4.72 Å². The third-order valence-electron chi connectivity index (χ3n) is 3.11. The van der Waals surface area contributed by atoms with E-state index in [4.69, 9.17) is 16.7 Å². The maximum Gasteiger partial charge on any atom is 0.336 e. The predicted molar refractivity (Wildman–Crippen MR) is 82.9 cm³/mol. The van der Waals surface area contributed by atoms with Crippen molar-refractivity contribution in [3.8, 4) is 0 Å². The van der Waals surface area contributed by atoms with Gasteiger partial charge in [-0.3, -0.25) is 4.72 Å². The summed E-state index contributed by atoms with van der Waals surface area (Å²) in [5.74, 6) is -1.12. The largest absolute Gasteiger partial charge is 0.478 e. The highest BCUT2D eigenvalue weighted by Gasteiger charge is 2.18. The summed E-state index contributed by atoms with van der Waals surface area (Å²) in [6.07, 6.45) is 1.15. The monoisotopic (exact) mass is 340 g/mol. The number of carbonyl (C=O) groups is 1. The van der Waals surface area contributed by atoms with Crippen LogP contribution < -0.4 is 4.72 Å². The first-order valence-electron chi connectivity index (χ1n) is 6.20. The predicted octanol–water partition coefficient (Wildman–Crippen LogP) is 2.85. The van der Waals surface area contributed by atoms with Crippen molar-refractivity contribution in [3.63, 3.8) is 0 Å². The highest BCUT2D eigenvalue weighted by atomic mass is 35.5. The van der Waals surface area contributed by atoms with Gasteiger partial charge in [0.15, 0.2) is 0 Å². The number of benzene rings is 1. The summed E-state index contributed by atoms with van der Waals surface area (Å²) < 4.78 is 27.1. The molecule has 0 bridgehead atoms. The SMILES string of the molecule is Cc1cc(S(=O)(=O)Nc2cccc(C(=O)O)c2C)cnc1Cl. The fourth-order valence-electron chi connectivity index (χ4n) is 1.86. The van der Waals surface area contributed by atoms with E-state index in [2.05, 4.69) is 9.71 Å². The van der Waals surface area contributed by atoms with E-state index >= 15 is 0 Å². The zero-order valence-corrected chi connectivity index (χ0v) is 13.4. The molecule has 0 aliphatic rings. The molecule has 0 aliphatic carbocycles. The highest BCUT2D eigenvalue weighted by Crippen LogP contribution is 2.23. The van der Waals surface area contributed by atoms with Crippen LogP contribution in [0.4, 0.5) is 5.69 Å². The lowest BCUT2D eigenvalue weighted by molar-refractivity contribution is 0.0696. The molecule has 2 aromatic rings. The number of nitrogens with zero attached hydrogens (tertiary/aromatic N) is 1. The van der Waals surface area contributed by atoms with Crippen molar-refractivity contribution < 1.29 is 18.3 Å². The minimum absolute atomic E-state index is 0.0330. The summed E-state index contributed by atoms with van der Waals surface area (Å²) in [7, 11) is -3.88. The maximum atomic E-state index is 12.4. The van der Waals surface area contributed by atoms with Crippen LogP contribution in [0.3, 0.4) is 0 Å². The highest BCUT2D eigenvalue weighted by molar-refractivity contribution is 7.92. The molecule has 2 N–H and O–H groups in total. The van der Waals surface area contributed by atoms with E-state index in [0.29, 0.717) is 11.1 Å². The molecule has 0 unspecified atom stereocenters. The quantitative estimate of drug-likeness (QED) is 0.834. The number of anilines is 1. The average molecular weight is 341 g/mol. The van der Waals surface area contributed by atoms with Gasteiger partial charge in [-0.05, 0) is 43.2 Å². The summed E-state index contributed by atoms with van der Waals surface area (Å²) in [6, 6.07) is 5.77. The third-order valence-corrected chi connectivity index (χ3v) is 4.84. The van der Waals surface area contributed by atoms with Gasteiger partial charge in [0, 0.05) is 6.20 Å². The molecule has 0 fully saturated rings. The zero-order chi connectivity index (χ0) is 16.5. The smallest absolute Gasteiger partial charge is 0.336 e. The van der Waals surface area contributed by atoms with Gasteiger partial charge in [0.25, 0.3) is 10.0 Å². The topological polar surface area (TPSA) is 96.4 Å². The number of hydrogen-bond acceptors (Lipinski definition) is 4. The molecule has 22 heavy (non-hydrogen) atoms. The number of sulfonamides is 1. The molecule has 116 valence electrons. The number of hydrogen-bond donors (Lipinski definition) is 2. The number of aryl methyl sites for hydroxylation is 1. The van der Waals surface area contributed by atoms with E-state index < -0.39 is 16.0 Å². The Hall–Kier alpha value is -2.12. The van der Waals surface area contributed by atoms with Crippen LogP contribution in [0.15, 0.2) is 35.4 Å². The van der Waals surface area contributed by atoms with Gasteiger partial charge in [-0.25, -0.2) is 18.2 Å². The van der Waals surface area contributed by atoms with Gasteiger partial charge >= 0.3 is 5.97 Å². The summed E-state index contributed by atoms with van der Waals surface area (Å²) in [6.45, 7) is 3.18. The number of pyridine rings is 1. The number of carboxylic acids is 1.